The van der Waals surface area contributed by atoms with Crippen molar-refractivity contribution in [3.8, 4) is 0 Å². The van der Waals surface area contributed by atoms with E-state index < -0.39 is 0 Å². The highest BCUT2D eigenvalue weighted by molar-refractivity contribution is 5.93. The third-order valence-corrected chi connectivity index (χ3v) is 2.71. The Morgan fingerprint density at radius 3 is 2.50 bits per heavy atom. The molecular weight excluding hydrogens is 226 g/mol. The Labute approximate surface area is 110 Å². The molecule has 0 aliphatic carbocycles. The van der Waals surface area contributed by atoms with Gasteiger partial charge in [-0.25, -0.2) is 0 Å². The SMILES string of the molecule is C=C(C)/C=C1/CN(C(=O)C(=C)CO)CC1C.CC. The van der Waals surface area contributed by atoms with Gasteiger partial charge in [-0.15, -0.1) is 0 Å². The van der Waals surface area contributed by atoms with Crippen molar-refractivity contribution in [3.63, 3.8) is 0 Å². The number of hydrogen-bond donors (Lipinski definition) is 1. The van der Waals surface area contributed by atoms with Crippen LogP contribution < -0.4 is 0 Å². The molecule has 0 radical (unpaired) electrons. The highest BCUT2D eigenvalue weighted by atomic mass is 16.3. The minimum absolute atomic E-state index is 0.153. The summed E-state index contributed by atoms with van der Waals surface area (Å²) in [6.07, 6.45) is 2.03. The van der Waals surface area contributed by atoms with Crippen LogP contribution in [0.1, 0.15) is 27.7 Å². The summed E-state index contributed by atoms with van der Waals surface area (Å²) in [5.41, 5.74) is 2.47. The summed E-state index contributed by atoms with van der Waals surface area (Å²) in [7, 11) is 0. The molecule has 102 valence electrons. The van der Waals surface area contributed by atoms with Crippen LogP contribution in [0.15, 0.2) is 36.0 Å². The molecule has 0 spiro atoms. The standard InChI is InChI=1S/C13H19NO2.C2H6/c1-9(2)5-12-7-14(6-10(12)3)13(16)11(4)8-15;1-2/h5,10,15H,1,4,6-8H2,2-3H3;1-2H3/b12-5-;. The van der Waals surface area contributed by atoms with Gasteiger partial charge in [0.2, 0.25) is 0 Å². The molecule has 0 aromatic carbocycles. The number of carbonyl (C=O) groups excluding carboxylic acids is 1. The second-order valence-corrected chi connectivity index (χ2v) is 4.41. The van der Waals surface area contributed by atoms with E-state index in [0.29, 0.717) is 19.0 Å². The Morgan fingerprint density at radius 2 is 2.06 bits per heavy atom. The van der Waals surface area contributed by atoms with Gasteiger partial charge in [0.15, 0.2) is 0 Å². The lowest BCUT2D eigenvalue weighted by molar-refractivity contribution is -0.126. The molecule has 1 rings (SSSR count). The Bertz CT molecular complexity index is 356. The summed E-state index contributed by atoms with van der Waals surface area (Å²) in [6.45, 7) is 16.4. The molecule has 3 nitrogen and oxygen atoms in total. The minimum atomic E-state index is -0.275. The number of carbonyl (C=O) groups is 1. The summed E-state index contributed by atoms with van der Waals surface area (Å²) in [5, 5.41) is 8.87. The Kier molecular flexibility index (Phi) is 7.29. The van der Waals surface area contributed by atoms with Crippen LogP contribution in [0.5, 0.6) is 0 Å². The van der Waals surface area contributed by atoms with E-state index in [0.717, 1.165) is 5.57 Å². The molecule has 1 atom stereocenters. The first-order valence-electron chi connectivity index (χ1n) is 6.39. The van der Waals surface area contributed by atoms with Gasteiger partial charge in [-0.05, 0) is 18.4 Å². The van der Waals surface area contributed by atoms with Crippen molar-refractivity contribution >= 4 is 5.91 Å². The number of rotatable bonds is 3. The summed E-state index contributed by atoms with van der Waals surface area (Å²) in [5.74, 6) is 0.201. The molecule has 1 fully saturated rings. The molecule has 0 aromatic heterocycles. The first-order valence-corrected chi connectivity index (χ1v) is 6.39. The van der Waals surface area contributed by atoms with Crippen molar-refractivity contribution in [2.75, 3.05) is 19.7 Å². The van der Waals surface area contributed by atoms with Crippen molar-refractivity contribution < 1.29 is 9.90 Å². The minimum Gasteiger partial charge on any atom is -0.391 e. The first-order chi connectivity index (χ1) is 8.45. The lowest BCUT2D eigenvalue weighted by Gasteiger charge is -2.15. The zero-order chi connectivity index (χ0) is 14.3. The van der Waals surface area contributed by atoms with Crippen LogP contribution in [0.2, 0.25) is 0 Å². The van der Waals surface area contributed by atoms with Crippen LogP contribution in [0.4, 0.5) is 0 Å². The van der Waals surface area contributed by atoms with E-state index in [-0.39, 0.29) is 18.1 Å². The van der Waals surface area contributed by atoms with Crippen LogP contribution in [-0.4, -0.2) is 35.6 Å². The molecule has 0 bridgehead atoms. The molecule has 0 saturated carbocycles. The molecular formula is C15H25NO2. The number of hydrogen-bond acceptors (Lipinski definition) is 2. The van der Waals surface area contributed by atoms with Gasteiger partial charge in [-0.1, -0.05) is 45.6 Å². The maximum absolute atomic E-state index is 11.8. The van der Waals surface area contributed by atoms with Gasteiger partial charge in [-0.3, -0.25) is 4.79 Å². The van der Waals surface area contributed by atoms with E-state index in [2.05, 4.69) is 20.1 Å². The average Bonchev–Trinajstić information content (AvgIpc) is 2.70. The normalized spacial score (nSPS) is 20.4. The summed E-state index contributed by atoms with van der Waals surface area (Å²) >= 11 is 0. The van der Waals surface area contributed by atoms with Crippen molar-refractivity contribution in [3.05, 3.63) is 36.0 Å². The zero-order valence-electron chi connectivity index (χ0n) is 12.0. The van der Waals surface area contributed by atoms with Crippen molar-refractivity contribution in [1.82, 2.24) is 4.90 Å². The summed E-state index contributed by atoms with van der Waals surface area (Å²) < 4.78 is 0. The molecule has 18 heavy (non-hydrogen) atoms. The number of likely N-dealkylation sites (tertiary alicyclic amines) is 1. The van der Waals surface area contributed by atoms with Gasteiger partial charge < -0.3 is 10.0 Å². The maximum Gasteiger partial charge on any atom is 0.251 e. The van der Waals surface area contributed by atoms with Gasteiger partial charge in [0.1, 0.15) is 0 Å². The molecule has 1 aliphatic heterocycles. The van der Waals surface area contributed by atoms with E-state index in [1.165, 1.54) is 5.57 Å². The lowest BCUT2D eigenvalue weighted by Crippen LogP contribution is -2.30. The fourth-order valence-corrected chi connectivity index (χ4v) is 1.84. The topological polar surface area (TPSA) is 40.5 Å². The first kappa shape index (κ1) is 16.6. The van der Waals surface area contributed by atoms with Gasteiger partial charge in [0.25, 0.3) is 5.91 Å². The molecule has 1 aliphatic rings. The average molecular weight is 251 g/mol. The molecule has 1 amide bonds. The van der Waals surface area contributed by atoms with Crippen LogP contribution >= 0.6 is 0 Å². The predicted molar refractivity (Wildman–Crippen MR) is 76.2 cm³/mol. The largest absolute Gasteiger partial charge is 0.391 e. The van der Waals surface area contributed by atoms with Gasteiger partial charge in [0.05, 0.1) is 6.61 Å². The van der Waals surface area contributed by atoms with Gasteiger partial charge in [-0.2, -0.15) is 0 Å². The Hall–Kier alpha value is -1.35. The van der Waals surface area contributed by atoms with E-state index in [4.69, 9.17) is 5.11 Å². The van der Waals surface area contributed by atoms with Crippen LogP contribution in [0.3, 0.4) is 0 Å². The third-order valence-electron chi connectivity index (χ3n) is 2.71. The number of allylic oxidation sites excluding steroid dienone is 2. The number of amides is 1. The van der Waals surface area contributed by atoms with Gasteiger partial charge in [0, 0.05) is 18.7 Å². The van der Waals surface area contributed by atoms with E-state index in [9.17, 15) is 4.79 Å². The molecule has 1 heterocycles. The number of aliphatic hydroxyl groups excluding tert-OH is 1. The monoisotopic (exact) mass is 251 g/mol. The molecule has 1 N–H and O–H groups in total. The fraction of sp³-hybridized carbons (Fsp3) is 0.533. The molecule has 1 unspecified atom stereocenters. The second-order valence-electron chi connectivity index (χ2n) is 4.41. The molecule has 3 heteroatoms. The molecule has 0 aromatic rings. The van der Waals surface area contributed by atoms with E-state index in [1.54, 1.807) is 4.90 Å². The number of nitrogens with zero attached hydrogens (tertiary/aromatic N) is 1. The zero-order valence-corrected chi connectivity index (χ0v) is 12.0. The highest BCUT2D eigenvalue weighted by Crippen LogP contribution is 2.24. The van der Waals surface area contributed by atoms with E-state index in [1.807, 2.05) is 26.8 Å². The maximum atomic E-state index is 11.8. The van der Waals surface area contributed by atoms with Crippen LogP contribution in [0.25, 0.3) is 0 Å². The summed E-state index contributed by atoms with van der Waals surface area (Å²) in [6, 6.07) is 0. The van der Waals surface area contributed by atoms with Crippen molar-refractivity contribution in [2.45, 2.75) is 27.7 Å². The number of aliphatic hydroxyl groups is 1. The second kappa shape index (κ2) is 7.88. The quantitative estimate of drug-likeness (QED) is 0.783. The molecule has 1 saturated heterocycles. The Balaban J connectivity index is 0.00000137. The summed E-state index contributed by atoms with van der Waals surface area (Å²) in [4.78, 5) is 13.5. The predicted octanol–water partition coefficient (Wildman–Crippen LogP) is 2.54. The Morgan fingerprint density at radius 1 is 1.50 bits per heavy atom. The van der Waals surface area contributed by atoms with Crippen LogP contribution in [0, 0.1) is 5.92 Å². The highest BCUT2D eigenvalue weighted by Gasteiger charge is 2.28. The van der Waals surface area contributed by atoms with Crippen molar-refractivity contribution in [1.29, 1.82) is 0 Å². The van der Waals surface area contributed by atoms with Crippen LogP contribution in [-0.2, 0) is 4.79 Å². The fourth-order valence-electron chi connectivity index (χ4n) is 1.84. The lowest BCUT2D eigenvalue weighted by atomic mass is 10.0. The smallest absolute Gasteiger partial charge is 0.251 e. The van der Waals surface area contributed by atoms with Gasteiger partial charge >= 0.3 is 0 Å². The van der Waals surface area contributed by atoms with E-state index >= 15 is 0 Å². The third kappa shape index (κ3) is 4.49. The van der Waals surface area contributed by atoms with Crippen molar-refractivity contribution in [2.24, 2.45) is 5.92 Å².